The van der Waals surface area contributed by atoms with Crippen LogP contribution in [-0.2, 0) is 20.9 Å². The van der Waals surface area contributed by atoms with Gasteiger partial charge in [0.2, 0.25) is 5.92 Å². The smallest absolute Gasteiger partial charge is 0.407 e. The minimum absolute atomic E-state index is 0.00306. The highest BCUT2D eigenvalue weighted by Gasteiger charge is 2.46. The quantitative estimate of drug-likeness (QED) is 0.835. The molecule has 0 radical (unpaired) electrons. The number of benzene rings is 1. The van der Waals surface area contributed by atoms with Crippen molar-refractivity contribution in [2.75, 3.05) is 6.61 Å². The monoisotopic (exact) mass is 341 g/mol. The van der Waals surface area contributed by atoms with Crippen LogP contribution in [0.25, 0.3) is 0 Å². The number of halogens is 2. The van der Waals surface area contributed by atoms with E-state index in [0.29, 0.717) is 0 Å². The third kappa shape index (κ3) is 5.18. The van der Waals surface area contributed by atoms with E-state index in [-0.39, 0.29) is 26.1 Å². The summed E-state index contributed by atoms with van der Waals surface area (Å²) in [5.41, 5.74) is 0.810. The Morgan fingerprint density at radius 1 is 1.25 bits per heavy atom. The van der Waals surface area contributed by atoms with Crippen molar-refractivity contribution in [2.45, 2.75) is 44.8 Å². The van der Waals surface area contributed by atoms with E-state index in [0.717, 1.165) is 5.56 Å². The average Bonchev–Trinajstić information content (AvgIpc) is 2.55. The molecule has 1 aliphatic rings. The van der Waals surface area contributed by atoms with Crippen molar-refractivity contribution in [3.8, 4) is 0 Å². The van der Waals surface area contributed by atoms with Gasteiger partial charge in [0, 0.05) is 18.9 Å². The normalized spacial score (nSPS) is 22.5. The molecule has 0 aromatic heterocycles. The van der Waals surface area contributed by atoms with E-state index < -0.39 is 36.4 Å². The van der Waals surface area contributed by atoms with Gasteiger partial charge in [-0.2, -0.15) is 0 Å². The fraction of sp³-hybridized carbons (Fsp3) is 0.529. The van der Waals surface area contributed by atoms with Crippen LogP contribution >= 0.6 is 0 Å². The first-order chi connectivity index (χ1) is 11.4. The third-order valence-corrected chi connectivity index (χ3v) is 3.93. The first kappa shape index (κ1) is 18.2. The molecule has 5 nitrogen and oxygen atoms in total. The zero-order valence-electron chi connectivity index (χ0n) is 13.5. The van der Waals surface area contributed by atoms with E-state index >= 15 is 0 Å². The van der Waals surface area contributed by atoms with E-state index in [2.05, 4.69) is 5.32 Å². The van der Waals surface area contributed by atoms with Gasteiger partial charge in [0.25, 0.3) is 0 Å². The van der Waals surface area contributed by atoms with Crippen LogP contribution in [0.1, 0.15) is 31.7 Å². The number of alkyl halides is 2. The molecular weight excluding hydrogens is 320 g/mol. The lowest BCUT2D eigenvalue weighted by Gasteiger charge is -2.34. The Hall–Kier alpha value is -2.18. The van der Waals surface area contributed by atoms with Gasteiger partial charge < -0.3 is 14.8 Å². The summed E-state index contributed by atoms with van der Waals surface area (Å²) in [6.07, 6.45) is -1.75. The minimum Gasteiger partial charge on any atom is -0.466 e. The van der Waals surface area contributed by atoms with Gasteiger partial charge in [-0.15, -0.1) is 0 Å². The van der Waals surface area contributed by atoms with E-state index in [1.54, 1.807) is 19.1 Å². The maximum absolute atomic E-state index is 13.6. The topological polar surface area (TPSA) is 64.6 Å². The third-order valence-electron chi connectivity index (χ3n) is 3.93. The highest BCUT2D eigenvalue weighted by Crippen LogP contribution is 2.37. The van der Waals surface area contributed by atoms with Crippen molar-refractivity contribution >= 4 is 12.1 Å². The largest absolute Gasteiger partial charge is 0.466 e. The fourth-order valence-electron chi connectivity index (χ4n) is 2.72. The molecule has 0 bridgehead atoms. The Balaban J connectivity index is 1.92. The van der Waals surface area contributed by atoms with Gasteiger partial charge in [-0.1, -0.05) is 30.3 Å². The summed E-state index contributed by atoms with van der Waals surface area (Å²) in [5.74, 6) is -4.72. The van der Waals surface area contributed by atoms with Gasteiger partial charge in [-0.25, -0.2) is 13.6 Å². The summed E-state index contributed by atoms with van der Waals surface area (Å²) in [6.45, 7) is 1.78. The Kier molecular flexibility index (Phi) is 6.11. The molecule has 1 fully saturated rings. The lowest BCUT2D eigenvalue weighted by molar-refractivity contribution is -0.156. The predicted molar refractivity (Wildman–Crippen MR) is 82.5 cm³/mol. The number of ether oxygens (including phenoxy) is 2. The lowest BCUT2D eigenvalue weighted by atomic mass is 9.82. The van der Waals surface area contributed by atoms with Gasteiger partial charge >= 0.3 is 12.1 Å². The van der Waals surface area contributed by atoms with Gasteiger partial charge in [-0.05, 0) is 18.9 Å². The van der Waals surface area contributed by atoms with E-state index in [9.17, 15) is 18.4 Å². The molecule has 0 unspecified atom stereocenters. The molecular formula is C17H21F2NO4. The number of rotatable bonds is 5. The molecule has 2 rings (SSSR count). The number of carbonyl (C=O) groups excluding carboxylic acids is 2. The molecule has 1 aromatic carbocycles. The first-order valence-electron chi connectivity index (χ1n) is 7.93. The van der Waals surface area contributed by atoms with Gasteiger partial charge in [-0.3, -0.25) is 4.79 Å². The highest BCUT2D eigenvalue weighted by atomic mass is 19.3. The molecule has 2 atom stereocenters. The van der Waals surface area contributed by atoms with Crippen molar-refractivity contribution in [2.24, 2.45) is 5.92 Å². The van der Waals surface area contributed by atoms with Crippen LogP contribution in [0.2, 0.25) is 0 Å². The van der Waals surface area contributed by atoms with Gasteiger partial charge in [0.15, 0.2) is 0 Å². The van der Waals surface area contributed by atoms with Gasteiger partial charge in [0.05, 0.1) is 12.5 Å². The van der Waals surface area contributed by atoms with Crippen LogP contribution in [-0.4, -0.2) is 30.6 Å². The standard InChI is InChI=1S/C17H21F2NO4/c1-2-23-15(21)13-10-17(18,19)9-8-14(13)20-16(22)24-11-12-6-4-3-5-7-12/h3-7,13-14H,2,8-11H2,1H3,(H,20,22)/t13-,14-/m1/s1. The minimum atomic E-state index is -2.93. The maximum atomic E-state index is 13.6. The molecule has 0 aliphatic heterocycles. The van der Waals surface area contributed by atoms with Crippen LogP contribution in [0.4, 0.5) is 13.6 Å². The molecule has 24 heavy (non-hydrogen) atoms. The van der Waals surface area contributed by atoms with E-state index in [1.165, 1.54) is 0 Å². The van der Waals surface area contributed by atoms with Crippen molar-refractivity contribution in [1.82, 2.24) is 5.32 Å². The Morgan fingerprint density at radius 3 is 2.62 bits per heavy atom. The second-order valence-electron chi connectivity index (χ2n) is 5.77. The number of esters is 1. The molecule has 1 aliphatic carbocycles. The zero-order valence-corrected chi connectivity index (χ0v) is 13.5. The molecule has 1 aromatic rings. The van der Waals surface area contributed by atoms with Gasteiger partial charge in [0.1, 0.15) is 6.61 Å². The molecule has 1 saturated carbocycles. The number of carbonyl (C=O) groups is 2. The van der Waals surface area contributed by atoms with E-state index in [4.69, 9.17) is 9.47 Å². The first-order valence-corrected chi connectivity index (χ1v) is 7.93. The number of nitrogens with one attached hydrogen (secondary N) is 1. The van der Waals surface area contributed by atoms with Crippen LogP contribution < -0.4 is 5.32 Å². The van der Waals surface area contributed by atoms with Crippen molar-refractivity contribution < 1.29 is 27.8 Å². The summed E-state index contributed by atoms with van der Waals surface area (Å²) >= 11 is 0. The number of amides is 1. The van der Waals surface area contributed by atoms with Crippen LogP contribution in [0.3, 0.4) is 0 Å². The molecule has 1 amide bonds. The fourth-order valence-corrected chi connectivity index (χ4v) is 2.72. The van der Waals surface area contributed by atoms with E-state index in [1.807, 2.05) is 18.2 Å². The average molecular weight is 341 g/mol. The summed E-state index contributed by atoms with van der Waals surface area (Å²) in [6, 6.07) is 8.36. The SMILES string of the molecule is CCOC(=O)[C@@H]1CC(F)(F)CC[C@H]1NC(=O)OCc1ccccc1. The number of hydrogen-bond donors (Lipinski definition) is 1. The van der Waals surface area contributed by atoms with Crippen molar-refractivity contribution in [3.63, 3.8) is 0 Å². The Morgan fingerprint density at radius 2 is 1.96 bits per heavy atom. The molecule has 0 saturated heterocycles. The van der Waals surface area contributed by atoms with Crippen molar-refractivity contribution in [1.29, 1.82) is 0 Å². The summed E-state index contributed by atoms with van der Waals surface area (Å²) in [7, 11) is 0. The maximum Gasteiger partial charge on any atom is 0.407 e. The summed E-state index contributed by atoms with van der Waals surface area (Å²) < 4.78 is 37.1. The Bertz CT molecular complexity index is 565. The summed E-state index contributed by atoms with van der Waals surface area (Å²) in [5, 5.41) is 2.52. The highest BCUT2D eigenvalue weighted by molar-refractivity contribution is 5.75. The van der Waals surface area contributed by atoms with Crippen LogP contribution in [0, 0.1) is 5.92 Å². The molecule has 0 spiro atoms. The molecule has 132 valence electrons. The number of alkyl carbamates (subject to hydrolysis) is 1. The molecule has 0 heterocycles. The van der Waals surface area contributed by atoms with Crippen molar-refractivity contribution in [3.05, 3.63) is 35.9 Å². The summed E-state index contributed by atoms with van der Waals surface area (Å²) in [4.78, 5) is 23.8. The zero-order chi connectivity index (χ0) is 17.6. The second kappa shape index (κ2) is 8.08. The lowest BCUT2D eigenvalue weighted by Crippen LogP contribution is -2.49. The number of hydrogen-bond acceptors (Lipinski definition) is 4. The molecule has 7 heteroatoms. The van der Waals surface area contributed by atoms with Crippen LogP contribution in [0.15, 0.2) is 30.3 Å². The Labute approximate surface area is 139 Å². The van der Waals surface area contributed by atoms with Crippen LogP contribution in [0.5, 0.6) is 0 Å². The second-order valence-corrected chi connectivity index (χ2v) is 5.77. The predicted octanol–water partition coefficient (Wildman–Crippen LogP) is 3.28. The molecule has 1 N–H and O–H groups in total.